The standard InChI is InChI=1S/C13H18N2O4/c1-13(2,3)19-12(18)15-10(11(14)17)8-4-6-9(16)7-5-8/h4-7,10,16H,1-3H3,(H2,14,17)(H,15,18). The Morgan fingerprint density at radius 3 is 2.21 bits per heavy atom. The normalized spacial score (nSPS) is 12.6. The summed E-state index contributed by atoms with van der Waals surface area (Å²) in [6, 6.07) is 4.81. The van der Waals surface area contributed by atoms with Crippen LogP contribution in [0, 0.1) is 0 Å². The zero-order chi connectivity index (χ0) is 14.6. The summed E-state index contributed by atoms with van der Waals surface area (Å²) in [7, 11) is 0. The highest BCUT2D eigenvalue weighted by Gasteiger charge is 2.23. The molecule has 0 aromatic heterocycles. The van der Waals surface area contributed by atoms with Gasteiger partial charge in [-0.1, -0.05) is 12.1 Å². The van der Waals surface area contributed by atoms with Gasteiger partial charge in [0.1, 0.15) is 17.4 Å². The summed E-state index contributed by atoms with van der Waals surface area (Å²) in [5, 5.41) is 11.6. The van der Waals surface area contributed by atoms with Crippen molar-refractivity contribution < 1.29 is 19.4 Å². The first-order chi connectivity index (χ1) is 8.69. The molecule has 2 amide bonds. The zero-order valence-electron chi connectivity index (χ0n) is 11.1. The first kappa shape index (κ1) is 14.8. The van der Waals surface area contributed by atoms with E-state index in [1.165, 1.54) is 24.3 Å². The molecule has 1 rings (SSSR count). The molecule has 6 heteroatoms. The van der Waals surface area contributed by atoms with Crippen LogP contribution in [0.2, 0.25) is 0 Å². The predicted molar refractivity (Wildman–Crippen MR) is 69.4 cm³/mol. The molecule has 104 valence electrons. The second-order valence-corrected chi connectivity index (χ2v) is 5.07. The smallest absolute Gasteiger partial charge is 0.408 e. The molecule has 6 nitrogen and oxygen atoms in total. The van der Waals surface area contributed by atoms with Crippen molar-refractivity contribution in [2.24, 2.45) is 5.73 Å². The Bertz CT molecular complexity index is 463. The Morgan fingerprint density at radius 2 is 1.79 bits per heavy atom. The van der Waals surface area contributed by atoms with Gasteiger partial charge in [0.2, 0.25) is 5.91 Å². The van der Waals surface area contributed by atoms with Gasteiger partial charge in [-0.2, -0.15) is 0 Å². The molecule has 1 aromatic rings. The number of amides is 2. The Hall–Kier alpha value is -2.24. The number of carbonyl (C=O) groups is 2. The van der Waals surface area contributed by atoms with Crippen molar-refractivity contribution >= 4 is 12.0 Å². The van der Waals surface area contributed by atoms with Gasteiger partial charge in [0.25, 0.3) is 0 Å². The van der Waals surface area contributed by atoms with Crippen LogP contribution in [0.4, 0.5) is 4.79 Å². The highest BCUT2D eigenvalue weighted by molar-refractivity contribution is 5.85. The number of phenolic OH excluding ortho intramolecular Hbond substituents is 1. The molecular formula is C13H18N2O4. The van der Waals surface area contributed by atoms with Crippen molar-refractivity contribution in [1.82, 2.24) is 5.32 Å². The van der Waals surface area contributed by atoms with Crippen LogP contribution >= 0.6 is 0 Å². The number of aromatic hydroxyl groups is 1. The molecule has 1 aromatic carbocycles. The Kier molecular flexibility index (Phi) is 4.37. The van der Waals surface area contributed by atoms with Gasteiger partial charge in [0, 0.05) is 0 Å². The third kappa shape index (κ3) is 4.87. The van der Waals surface area contributed by atoms with Gasteiger partial charge < -0.3 is 20.9 Å². The van der Waals surface area contributed by atoms with Crippen molar-refractivity contribution in [2.75, 3.05) is 0 Å². The molecule has 19 heavy (non-hydrogen) atoms. The average molecular weight is 266 g/mol. The van der Waals surface area contributed by atoms with Gasteiger partial charge in [0.15, 0.2) is 0 Å². The Labute approximate surface area is 111 Å². The Morgan fingerprint density at radius 1 is 1.26 bits per heavy atom. The summed E-state index contributed by atoms with van der Waals surface area (Å²) in [6.07, 6.45) is -0.732. The SMILES string of the molecule is CC(C)(C)OC(=O)NC(C(N)=O)c1ccc(O)cc1. The predicted octanol–water partition coefficient (Wildman–Crippen LogP) is 1.44. The highest BCUT2D eigenvalue weighted by Crippen LogP contribution is 2.17. The molecule has 0 fully saturated rings. The van der Waals surface area contributed by atoms with E-state index in [0.717, 1.165) is 0 Å². The van der Waals surface area contributed by atoms with E-state index in [-0.39, 0.29) is 5.75 Å². The van der Waals surface area contributed by atoms with E-state index in [0.29, 0.717) is 5.56 Å². The van der Waals surface area contributed by atoms with E-state index in [1.807, 2.05) is 0 Å². The number of phenols is 1. The quantitative estimate of drug-likeness (QED) is 0.770. The van der Waals surface area contributed by atoms with Crippen LogP contribution < -0.4 is 11.1 Å². The summed E-state index contributed by atoms with van der Waals surface area (Å²) in [4.78, 5) is 23.0. The van der Waals surface area contributed by atoms with Gasteiger partial charge in [-0.25, -0.2) is 4.79 Å². The van der Waals surface area contributed by atoms with E-state index < -0.39 is 23.6 Å². The monoisotopic (exact) mass is 266 g/mol. The number of hydrogen-bond acceptors (Lipinski definition) is 4. The number of hydrogen-bond donors (Lipinski definition) is 3. The number of alkyl carbamates (subject to hydrolysis) is 1. The van der Waals surface area contributed by atoms with Crippen molar-refractivity contribution in [3.05, 3.63) is 29.8 Å². The van der Waals surface area contributed by atoms with Crippen LogP contribution in [0.15, 0.2) is 24.3 Å². The second kappa shape index (κ2) is 5.60. The zero-order valence-corrected chi connectivity index (χ0v) is 11.1. The number of ether oxygens (including phenoxy) is 1. The van der Waals surface area contributed by atoms with E-state index in [4.69, 9.17) is 10.5 Å². The number of nitrogens with one attached hydrogen (secondary N) is 1. The number of nitrogens with two attached hydrogens (primary N) is 1. The third-order valence-corrected chi connectivity index (χ3v) is 2.17. The average Bonchev–Trinajstić information content (AvgIpc) is 2.24. The van der Waals surface area contributed by atoms with E-state index in [2.05, 4.69) is 5.32 Å². The third-order valence-electron chi connectivity index (χ3n) is 2.17. The lowest BCUT2D eigenvalue weighted by molar-refractivity contribution is -0.120. The van der Waals surface area contributed by atoms with Crippen LogP contribution in [-0.4, -0.2) is 22.7 Å². The first-order valence-electron chi connectivity index (χ1n) is 5.77. The minimum absolute atomic E-state index is 0.0595. The minimum Gasteiger partial charge on any atom is -0.508 e. The van der Waals surface area contributed by atoms with E-state index in [9.17, 15) is 14.7 Å². The molecule has 0 bridgehead atoms. The molecule has 0 radical (unpaired) electrons. The van der Waals surface area contributed by atoms with Crippen LogP contribution in [0.5, 0.6) is 5.75 Å². The maximum Gasteiger partial charge on any atom is 0.408 e. The molecule has 0 saturated carbocycles. The van der Waals surface area contributed by atoms with Gasteiger partial charge in [-0.3, -0.25) is 4.79 Å². The van der Waals surface area contributed by atoms with Gasteiger partial charge >= 0.3 is 6.09 Å². The van der Waals surface area contributed by atoms with E-state index in [1.54, 1.807) is 20.8 Å². The summed E-state index contributed by atoms with van der Waals surface area (Å²) in [5.41, 5.74) is 5.05. The molecule has 0 heterocycles. The largest absolute Gasteiger partial charge is 0.508 e. The van der Waals surface area contributed by atoms with E-state index >= 15 is 0 Å². The molecule has 1 atom stereocenters. The maximum absolute atomic E-state index is 11.6. The lowest BCUT2D eigenvalue weighted by atomic mass is 10.1. The number of benzene rings is 1. The second-order valence-electron chi connectivity index (χ2n) is 5.07. The molecule has 0 saturated heterocycles. The lowest BCUT2D eigenvalue weighted by Crippen LogP contribution is -2.40. The number of rotatable bonds is 3. The van der Waals surface area contributed by atoms with Crippen LogP contribution in [0.1, 0.15) is 32.4 Å². The van der Waals surface area contributed by atoms with Crippen molar-refractivity contribution in [2.45, 2.75) is 32.4 Å². The molecular weight excluding hydrogens is 248 g/mol. The molecule has 0 spiro atoms. The first-order valence-corrected chi connectivity index (χ1v) is 5.77. The summed E-state index contributed by atoms with van der Waals surface area (Å²) < 4.78 is 5.06. The Balaban J connectivity index is 2.82. The summed E-state index contributed by atoms with van der Waals surface area (Å²) >= 11 is 0. The summed E-state index contributed by atoms with van der Waals surface area (Å²) in [6.45, 7) is 5.14. The van der Waals surface area contributed by atoms with Gasteiger partial charge in [0.05, 0.1) is 0 Å². The summed E-state index contributed by atoms with van der Waals surface area (Å²) in [5.74, 6) is -0.652. The van der Waals surface area contributed by atoms with Crippen LogP contribution in [0.3, 0.4) is 0 Å². The molecule has 1 unspecified atom stereocenters. The van der Waals surface area contributed by atoms with Crippen LogP contribution in [0.25, 0.3) is 0 Å². The van der Waals surface area contributed by atoms with Crippen molar-refractivity contribution in [3.63, 3.8) is 0 Å². The number of primary amides is 1. The van der Waals surface area contributed by atoms with Crippen molar-refractivity contribution in [3.8, 4) is 5.75 Å². The topological polar surface area (TPSA) is 102 Å². The maximum atomic E-state index is 11.6. The molecule has 0 aliphatic rings. The fourth-order valence-corrected chi connectivity index (χ4v) is 1.41. The molecule has 0 aliphatic heterocycles. The molecule has 0 aliphatic carbocycles. The van der Waals surface area contributed by atoms with Gasteiger partial charge in [-0.15, -0.1) is 0 Å². The fraction of sp³-hybridized carbons (Fsp3) is 0.385. The van der Waals surface area contributed by atoms with Crippen LogP contribution in [-0.2, 0) is 9.53 Å². The lowest BCUT2D eigenvalue weighted by Gasteiger charge is -2.22. The highest BCUT2D eigenvalue weighted by atomic mass is 16.6. The fourth-order valence-electron chi connectivity index (χ4n) is 1.41. The molecule has 4 N–H and O–H groups in total. The number of carbonyl (C=O) groups excluding carboxylic acids is 2. The van der Waals surface area contributed by atoms with Crippen molar-refractivity contribution in [1.29, 1.82) is 0 Å². The van der Waals surface area contributed by atoms with Gasteiger partial charge in [-0.05, 0) is 38.5 Å². The minimum atomic E-state index is -1.00.